The average molecular weight is 283 g/mol. The van der Waals surface area contributed by atoms with Gasteiger partial charge in [0.15, 0.2) is 0 Å². The summed E-state index contributed by atoms with van der Waals surface area (Å²) in [4.78, 5) is 27.2. The molecule has 2 N–H and O–H groups in total. The van der Waals surface area contributed by atoms with Crippen molar-refractivity contribution in [3.05, 3.63) is 23.5 Å². The zero-order valence-electron chi connectivity index (χ0n) is 10.5. The Hall–Kier alpha value is -1.62. The number of pyridine rings is 1. The molecule has 0 saturated heterocycles. The Morgan fingerprint density at radius 1 is 1.42 bits per heavy atom. The molecular weight excluding hydrogens is 268 g/mol. The molecule has 1 aliphatic rings. The van der Waals surface area contributed by atoms with Crippen LogP contribution in [0.3, 0.4) is 0 Å². The number of carboxylic acids is 1. The molecule has 0 aliphatic heterocycles. The summed E-state index contributed by atoms with van der Waals surface area (Å²) in [5.41, 5.74) is 0.415. The number of hydrogen-bond donors (Lipinski definition) is 2. The van der Waals surface area contributed by atoms with E-state index in [9.17, 15) is 9.59 Å². The average Bonchev–Trinajstić information content (AvgIpc) is 2.74. The number of carbonyl (C=O) groups is 2. The standard InChI is InChI=1S/C13H15ClN2O3/c1-7-4-8(9(5-7)13(18)19)12(17)16-11-6-15-3-2-10(11)14/h2-3,6-9H,4-5H2,1H3,(H,16,17)(H,18,19). The molecule has 5 nitrogen and oxygen atoms in total. The summed E-state index contributed by atoms with van der Waals surface area (Å²) in [5, 5.41) is 12.2. The van der Waals surface area contributed by atoms with E-state index >= 15 is 0 Å². The highest BCUT2D eigenvalue weighted by Gasteiger charge is 2.41. The van der Waals surface area contributed by atoms with Crippen LogP contribution in [0, 0.1) is 17.8 Å². The lowest BCUT2D eigenvalue weighted by Gasteiger charge is -2.15. The summed E-state index contributed by atoms with van der Waals surface area (Å²) in [5.74, 6) is -2.11. The van der Waals surface area contributed by atoms with E-state index in [-0.39, 0.29) is 11.8 Å². The predicted octanol–water partition coefficient (Wildman–Crippen LogP) is 2.42. The Kier molecular flexibility index (Phi) is 4.04. The van der Waals surface area contributed by atoms with Crippen LogP contribution in [-0.2, 0) is 9.59 Å². The predicted molar refractivity (Wildman–Crippen MR) is 70.9 cm³/mol. The molecule has 0 spiro atoms. The molecule has 0 radical (unpaired) electrons. The fraction of sp³-hybridized carbons (Fsp3) is 0.462. The van der Waals surface area contributed by atoms with Gasteiger partial charge in [0, 0.05) is 6.20 Å². The van der Waals surface area contributed by atoms with Crippen molar-refractivity contribution in [2.24, 2.45) is 17.8 Å². The van der Waals surface area contributed by atoms with Crippen molar-refractivity contribution in [1.29, 1.82) is 0 Å². The minimum Gasteiger partial charge on any atom is -0.481 e. The lowest BCUT2D eigenvalue weighted by molar-refractivity contribution is -0.145. The Morgan fingerprint density at radius 3 is 2.74 bits per heavy atom. The minimum atomic E-state index is -0.915. The lowest BCUT2D eigenvalue weighted by Crippen LogP contribution is -2.30. The van der Waals surface area contributed by atoms with Crippen LogP contribution in [0.5, 0.6) is 0 Å². The summed E-state index contributed by atoms with van der Waals surface area (Å²) >= 11 is 5.93. The van der Waals surface area contributed by atoms with Crippen LogP contribution in [0.4, 0.5) is 5.69 Å². The third kappa shape index (κ3) is 3.04. The van der Waals surface area contributed by atoms with Gasteiger partial charge in [-0.2, -0.15) is 0 Å². The summed E-state index contributed by atoms with van der Waals surface area (Å²) < 4.78 is 0. The maximum atomic E-state index is 12.2. The molecule has 1 saturated carbocycles. The molecule has 102 valence electrons. The number of nitrogens with zero attached hydrogens (tertiary/aromatic N) is 1. The first kappa shape index (κ1) is 13.8. The van der Waals surface area contributed by atoms with Gasteiger partial charge in [-0.15, -0.1) is 0 Å². The van der Waals surface area contributed by atoms with E-state index in [2.05, 4.69) is 10.3 Å². The van der Waals surface area contributed by atoms with E-state index < -0.39 is 17.8 Å². The second kappa shape index (κ2) is 5.57. The van der Waals surface area contributed by atoms with Crippen molar-refractivity contribution in [3.63, 3.8) is 0 Å². The molecule has 1 aromatic rings. The highest BCUT2D eigenvalue weighted by atomic mass is 35.5. The summed E-state index contributed by atoms with van der Waals surface area (Å²) in [6.45, 7) is 1.96. The lowest BCUT2D eigenvalue weighted by atomic mass is 9.95. The highest BCUT2D eigenvalue weighted by Crippen LogP contribution is 2.37. The van der Waals surface area contributed by atoms with Gasteiger partial charge in [0.2, 0.25) is 5.91 Å². The molecule has 0 aromatic carbocycles. The van der Waals surface area contributed by atoms with Crippen LogP contribution >= 0.6 is 11.6 Å². The van der Waals surface area contributed by atoms with Crippen LogP contribution in [0.2, 0.25) is 5.02 Å². The molecule has 3 atom stereocenters. The van der Waals surface area contributed by atoms with Gasteiger partial charge in [-0.1, -0.05) is 18.5 Å². The number of amides is 1. The quantitative estimate of drug-likeness (QED) is 0.892. The van der Waals surface area contributed by atoms with Crippen LogP contribution in [0.15, 0.2) is 18.5 Å². The monoisotopic (exact) mass is 282 g/mol. The molecule has 2 rings (SSSR count). The summed E-state index contributed by atoms with van der Waals surface area (Å²) in [7, 11) is 0. The zero-order valence-corrected chi connectivity index (χ0v) is 11.2. The normalized spacial score (nSPS) is 26.1. The molecule has 1 fully saturated rings. The maximum absolute atomic E-state index is 12.2. The van der Waals surface area contributed by atoms with Crippen LogP contribution in [0.1, 0.15) is 19.8 Å². The van der Waals surface area contributed by atoms with Gasteiger partial charge in [0.25, 0.3) is 0 Å². The summed E-state index contributed by atoms with van der Waals surface area (Å²) in [6, 6.07) is 1.57. The Morgan fingerprint density at radius 2 is 2.11 bits per heavy atom. The highest BCUT2D eigenvalue weighted by molar-refractivity contribution is 6.33. The Labute approximate surface area is 116 Å². The first-order valence-corrected chi connectivity index (χ1v) is 6.50. The molecule has 0 bridgehead atoms. The fourth-order valence-corrected chi connectivity index (χ4v) is 2.70. The Balaban J connectivity index is 2.11. The Bertz CT molecular complexity index is 506. The number of anilines is 1. The number of aromatic nitrogens is 1. The van der Waals surface area contributed by atoms with E-state index in [1.165, 1.54) is 12.4 Å². The van der Waals surface area contributed by atoms with Crippen LogP contribution in [0.25, 0.3) is 0 Å². The topological polar surface area (TPSA) is 79.3 Å². The van der Waals surface area contributed by atoms with Crippen molar-refractivity contribution < 1.29 is 14.7 Å². The molecule has 1 amide bonds. The van der Waals surface area contributed by atoms with Crippen molar-refractivity contribution in [2.75, 3.05) is 5.32 Å². The van der Waals surface area contributed by atoms with E-state index in [1.807, 2.05) is 6.92 Å². The molecule has 1 heterocycles. The van der Waals surface area contributed by atoms with Gasteiger partial charge in [-0.25, -0.2) is 0 Å². The van der Waals surface area contributed by atoms with E-state index in [0.29, 0.717) is 23.6 Å². The van der Waals surface area contributed by atoms with Gasteiger partial charge >= 0.3 is 5.97 Å². The van der Waals surface area contributed by atoms with E-state index in [0.717, 1.165) is 0 Å². The first-order chi connectivity index (χ1) is 8.99. The number of aliphatic carboxylic acids is 1. The molecule has 6 heteroatoms. The van der Waals surface area contributed by atoms with Gasteiger partial charge < -0.3 is 10.4 Å². The molecule has 1 aromatic heterocycles. The molecule has 3 unspecified atom stereocenters. The number of halogens is 1. The number of carbonyl (C=O) groups excluding carboxylic acids is 1. The maximum Gasteiger partial charge on any atom is 0.307 e. The summed E-state index contributed by atoms with van der Waals surface area (Å²) in [6.07, 6.45) is 4.10. The largest absolute Gasteiger partial charge is 0.481 e. The molecular formula is C13H15ClN2O3. The second-order valence-electron chi connectivity index (χ2n) is 4.97. The van der Waals surface area contributed by atoms with Crippen molar-refractivity contribution in [1.82, 2.24) is 4.98 Å². The smallest absolute Gasteiger partial charge is 0.307 e. The van der Waals surface area contributed by atoms with E-state index in [4.69, 9.17) is 16.7 Å². The second-order valence-corrected chi connectivity index (χ2v) is 5.38. The number of carboxylic acid groups (broad SMARTS) is 1. The van der Waals surface area contributed by atoms with Crippen molar-refractivity contribution in [2.45, 2.75) is 19.8 Å². The SMILES string of the molecule is CC1CC(C(=O)O)C(C(=O)Nc2cnccc2Cl)C1. The van der Waals surface area contributed by atoms with Gasteiger partial charge in [0.1, 0.15) is 0 Å². The molecule has 1 aliphatic carbocycles. The number of rotatable bonds is 3. The zero-order chi connectivity index (χ0) is 14.0. The van der Waals surface area contributed by atoms with Gasteiger partial charge in [-0.3, -0.25) is 14.6 Å². The van der Waals surface area contributed by atoms with Crippen molar-refractivity contribution in [3.8, 4) is 0 Å². The van der Waals surface area contributed by atoms with E-state index in [1.54, 1.807) is 6.07 Å². The minimum absolute atomic E-state index is 0.237. The van der Waals surface area contributed by atoms with Crippen molar-refractivity contribution >= 4 is 29.2 Å². The molecule has 19 heavy (non-hydrogen) atoms. The van der Waals surface area contributed by atoms with Crippen LogP contribution in [-0.4, -0.2) is 22.0 Å². The number of hydrogen-bond acceptors (Lipinski definition) is 3. The van der Waals surface area contributed by atoms with Crippen LogP contribution < -0.4 is 5.32 Å². The third-order valence-electron chi connectivity index (χ3n) is 3.48. The fourth-order valence-electron chi connectivity index (χ4n) is 2.55. The van der Waals surface area contributed by atoms with Gasteiger partial charge in [-0.05, 0) is 24.8 Å². The number of nitrogens with one attached hydrogen (secondary N) is 1. The first-order valence-electron chi connectivity index (χ1n) is 6.12. The third-order valence-corrected chi connectivity index (χ3v) is 3.81. The van der Waals surface area contributed by atoms with Gasteiger partial charge in [0.05, 0.1) is 28.7 Å².